The molecule has 0 saturated heterocycles. The lowest BCUT2D eigenvalue weighted by Gasteiger charge is -2.26. The van der Waals surface area contributed by atoms with Crippen molar-refractivity contribution in [1.82, 2.24) is 9.78 Å². The zero-order valence-electron chi connectivity index (χ0n) is 20.0. The number of methoxy groups -OCH3 is 2. The average molecular weight is 470 g/mol. The second-order valence-electron chi connectivity index (χ2n) is 8.60. The molecule has 3 aromatic rings. The molecule has 0 amide bonds. The van der Waals surface area contributed by atoms with Gasteiger partial charge in [0.1, 0.15) is 29.2 Å². The van der Waals surface area contributed by atoms with Crippen LogP contribution < -0.4 is 9.47 Å². The Hall–Kier alpha value is -3.16. The molecular weight excluding hydrogens is 438 g/mol. The first-order chi connectivity index (χ1) is 16.2. The summed E-state index contributed by atoms with van der Waals surface area (Å²) in [6, 6.07) is 8.56. The average Bonchev–Trinajstić information content (AvgIpc) is 3.22. The second kappa shape index (κ2) is 10.8. The Morgan fingerprint density at radius 3 is 2.24 bits per heavy atom. The van der Waals surface area contributed by atoms with Crippen LogP contribution in [-0.4, -0.2) is 52.0 Å². The zero-order valence-corrected chi connectivity index (χ0v) is 20.0. The van der Waals surface area contributed by atoms with Gasteiger partial charge in [-0.1, -0.05) is 13.8 Å². The number of fused-ring (bicyclic) bond motifs is 1. The fourth-order valence-electron chi connectivity index (χ4n) is 3.80. The third-order valence-electron chi connectivity index (χ3n) is 5.57. The van der Waals surface area contributed by atoms with Crippen molar-refractivity contribution in [3.63, 3.8) is 0 Å². The fraction of sp³-hybridized carbons (Fsp3) is 0.440. The van der Waals surface area contributed by atoms with Gasteiger partial charge in [0.2, 0.25) is 0 Å². The van der Waals surface area contributed by atoms with E-state index in [9.17, 15) is 20.6 Å². The first-order valence-electron chi connectivity index (χ1n) is 11.0. The molecule has 34 heavy (non-hydrogen) atoms. The molecule has 3 N–H and O–H groups in total. The van der Waals surface area contributed by atoms with Crippen molar-refractivity contribution in [3.8, 4) is 17.6 Å². The first-order valence-corrected chi connectivity index (χ1v) is 11.0. The van der Waals surface area contributed by atoms with E-state index >= 15 is 0 Å². The van der Waals surface area contributed by atoms with Crippen LogP contribution in [0.2, 0.25) is 0 Å². The van der Waals surface area contributed by atoms with Crippen LogP contribution in [0.5, 0.6) is 11.5 Å². The number of hydrogen-bond donors (Lipinski definition) is 3. The van der Waals surface area contributed by atoms with Gasteiger partial charge in [0, 0.05) is 29.3 Å². The topological polar surface area (TPSA) is 130 Å². The molecule has 182 valence electrons. The lowest BCUT2D eigenvalue weighted by atomic mass is 10.0. The van der Waals surface area contributed by atoms with E-state index in [-0.39, 0.29) is 18.0 Å². The third-order valence-corrected chi connectivity index (χ3v) is 5.57. The number of aromatic nitrogens is 2. The van der Waals surface area contributed by atoms with E-state index in [1.54, 1.807) is 43.3 Å². The number of ether oxygens (including phenoxy) is 3. The van der Waals surface area contributed by atoms with Gasteiger partial charge in [0.25, 0.3) is 0 Å². The number of hydrogen-bond acceptors (Lipinski definition) is 8. The lowest BCUT2D eigenvalue weighted by Crippen LogP contribution is -2.29. The van der Waals surface area contributed by atoms with Crippen molar-refractivity contribution in [2.75, 3.05) is 20.8 Å². The lowest BCUT2D eigenvalue weighted by molar-refractivity contribution is -0.0575. The summed E-state index contributed by atoms with van der Waals surface area (Å²) in [4.78, 5) is 0. The van der Waals surface area contributed by atoms with Crippen molar-refractivity contribution in [3.05, 3.63) is 52.7 Å². The Morgan fingerprint density at radius 1 is 1.06 bits per heavy atom. The van der Waals surface area contributed by atoms with E-state index < -0.39 is 18.5 Å². The monoisotopic (exact) mass is 469 g/mol. The fourth-order valence-corrected chi connectivity index (χ4v) is 3.80. The molecule has 0 fully saturated rings. The van der Waals surface area contributed by atoms with Crippen molar-refractivity contribution in [2.24, 2.45) is 5.92 Å². The van der Waals surface area contributed by atoms with Gasteiger partial charge >= 0.3 is 0 Å². The summed E-state index contributed by atoms with van der Waals surface area (Å²) in [5.41, 5.74) is 2.19. The summed E-state index contributed by atoms with van der Waals surface area (Å²) in [5.74, 6) is 1.42. The summed E-state index contributed by atoms with van der Waals surface area (Å²) >= 11 is 0. The maximum absolute atomic E-state index is 11.3. The molecule has 0 aliphatic carbocycles. The van der Waals surface area contributed by atoms with Crippen LogP contribution in [0.4, 0.5) is 0 Å². The molecule has 3 rings (SSSR count). The van der Waals surface area contributed by atoms with Crippen molar-refractivity contribution in [2.45, 2.75) is 45.8 Å². The summed E-state index contributed by atoms with van der Waals surface area (Å²) < 4.78 is 18.6. The highest BCUT2D eigenvalue weighted by Crippen LogP contribution is 2.34. The van der Waals surface area contributed by atoms with Gasteiger partial charge in [-0.3, -0.25) is 4.68 Å². The highest BCUT2D eigenvalue weighted by atomic mass is 16.5. The number of nitriles is 1. The van der Waals surface area contributed by atoms with Crippen LogP contribution in [0.15, 0.2) is 30.5 Å². The number of aliphatic hydroxyl groups is 3. The molecule has 0 radical (unpaired) electrons. The number of rotatable bonds is 10. The Kier molecular flexibility index (Phi) is 8.12. The number of nitrogens with zero attached hydrogens (tertiary/aromatic N) is 3. The van der Waals surface area contributed by atoms with E-state index in [4.69, 9.17) is 14.2 Å². The van der Waals surface area contributed by atoms with Crippen molar-refractivity contribution < 1.29 is 29.5 Å². The summed E-state index contributed by atoms with van der Waals surface area (Å²) in [5, 5.41) is 45.1. The largest absolute Gasteiger partial charge is 0.496 e. The van der Waals surface area contributed by atoms with Gasteiger partial charge in [-0.05, 0) is 42.7 Å². The second-order valence-corrected chi connectivity index (χ2v) is 8.60. The van der Waals surface area contributed by atoms with Crippen LogP contribution in [0.1, 0.15) is 48.5 Å². The molecule has 2 unspecified atom stereocenters. The Bertz CT molecular complexity index is 1160. The minimum absolute atomic E-state index is 0.140. The highest BCUT2D eigenvalue weighted by molar-refractivity contribution is 5.83. The smallest absolute Gasteiger partial charge is 0.180 e. The highest BCUT2D eigenvalue weighted by Gasteiger charge is 2.26. The van der Waals surface area contributed by atoms with Crippen molar-refractivity contribution in [1.29, 1.82) is 5.26 Å². The van der Waals surface area contributed by atoms with Gasteiger partial charge in [-0.2, -0.15) is 10.4 Å². The summed E-state index contributed by atoms with van der Waals surface area (Å²) in [6.07, 6.45) is -1.78. The molecule has 0 aliphatic rings. The van der Waals surface area contributed by atoms with Gasteiger partial charge in [0.05, 0.1) is 32.4 Å². The maximum Gasteiger partial charge on any atom is 0.180 e. The van der Waals surface area contributed by atoms with Gasteiger partial charge in [0.15, 0.2) is 6.29 Å². The number of benzene rings is 2. The van der Waals surface area contributed by atoms with Gasteiger partial charge in [-0.25, -0.2) is 0 Å². The van der Waals surface area contributed by atoms with E-state index in [0.717, 1.165) is 5.56 Å². The SMILES string of the molecule is COc1cc(C(O)C(Cn2cc3cc(C#N)cc(C(O)O)c3n2)OCC(C)C)cc(OC)c1C. The Balaban J connectivity index is 2.00. The van der Waals surface area contributed by atoms with Gasteiger partial charge < -0.3 is 29.5 Å². The first kappa shape index (κ1) is 25.5. The molecule has 0 bridgehead atoms. The molecule has 0 saturated carbocycles. The van der Waals surface area contributed by atoms with E-state index in [0.29, 0.717) is 40.1 Å². The van der Waals surface area contributed by atoms with E-state index in [1.165, 1.54) is 6.07 Å². The molecule has 0 spiro atoms. The summed E-state index contributed by atoms with van der Waals surface area (Å²) in [7, 11) is 3.12. The normalized spacial score (nSPS) is 13.3. The third kappa shape index (κ3) is 5.48. The van der Waals surface area contributed by atoms with Crippen molar-refractivity contribution >= 4 is 10.9 Å². The molecule has 1 heterocycles. The predicted octanol–water partition coefficient (Wildman–Crippen LogP) is 2.99. The molecule has 0 aliphatic heterocycles. The maximum atomic E-state index is 11.3. The van der Waals surface area contributed by atoms with E-state index in [1.807, 2.05) is 26.8 Å². The Labute approximate surface area is 198 Å². The van der Waals surface area contributed by atoms with Gasteiger partial charge in [-0.15, -0.1) is 0 Å². The molecule has 1 aromatic heterocycles. The van der Waals surface area contributed by atoms with Crippen LogP contribution in [0.25, 0.3) is 10.9 Å². The van der Waals surface area contributed by atoms with Crippen LogP contribution in [-0.2, 0) is 11.3 Å². The molecule has 2 atom stereocenters. The van der Waals surface area contributed by atoms with Crippen LogP contribution in [0.3, 0.4) is 0 Å². The van der Waals surface area contributed by atoms with Crippen LogP contribution in [0, 0.1) is 24.2 Å². The predicted molar refractivity (Wildman–Crippen MR) is 125 cm³/mol. The van der Waals surface area contributed by atoms with Crippen LogP contribution >= 0.6 is 0 Å². The minimum Gasteiger partial charge on any atom is -0.496 e. The molecular formula is C25H31N3O6. The van der Waals surface area contributed by atoms with E-state index in [2.05, 4.69) is 5.10 Å². The molecule has 9 nitrogen and oxygen atoms in total. The summed E-state index contributed by atoms with van der Waals surface area (Å²) in [6.45, 7) is 6.51. The molecule has 9 heteroatoms. The quantitative estimate of drug-likeness (QED) is 0.386. The minimum atomic E-state index is -1.77. The molecule has 2 aromatic carbocycles. The Morgan fingerprint density at radius 2 is 1.71 bits per heavy atom. The zero-order chi connectivity index (χ0) is 25.0. The number of aliphatic hydroxyl groups excluding tert-OH is 2. The standard InChI is InChI=1S/C25H31N3O6/c1-14(2)13-34-22(24(29)17-8-20(32-4)15(3)21(9-17)33-5)12-28-11-18-6-16(10-26)7-19(25(30)31)23(18)27-28/h6-9,11,14,22,24-25,29-31H,12-13H2,1-5H3.